The van der Waals surface area contributed by atoms with Crippen LogP contribution < -0.4 is 5.32 Å². The van der Waals surface area contributed by atoms with Crippen LogP contribution in [0.15, 0.2) is 35.2 Å². The fourth-order valence-corrected chi connectivity index (χ4v) is 1.55. The van der Waals surface area contributed by atoms with Gasteiger partial charge in [0.2, 0.25) is 0 Å². The van der Waals surface area contributed by atoms with Crippen molar-refractivity contribution in [1.82, 2.24) is 9.97 Å². The minimum atomic E-state index is -1.09. The Hall–Kier alpha value is -2.37. The molecule has 0 bridgehead atoms. The summed E-state index contributed by atoms with van der Waals surface area (Å²) >= 11 is 0. The molecule has 0 spiro atoms. The van der Waals surface area contributed by atoms with E-state index >= 15 is 0 Å². The van der Waals surface area contributed by atoms with E-state index in [4.69, 9.17) is 9.52 Å². The average Bonchev–Trinajstić information content (AvgIpc) is 2.82. The van der Waals surface area contributed by atoms with Gasteiger partial charge in [-0.2, -0.15) is 0 Å². The Morgan fingerprint density at radius 1 is 1.50 bits per heavy atom. The lowest BCUT2D eigenvalue weighted by Gasteiger charge is -2.12. The molecule has 1 atom stereocenters. The van der Waals surface area contributed by atoms with Crippen molar-refractivity contribution in [2.45, 2.75) is 19.4 Å². The minimum absolute atomic E-state index is 0.0702. The summed E-state index contributed by atoms with van der Waals surface area (Å²) in [5, 5.41) is 11.8. The lowest BCUT2D eigenvalue weighted by molar-refractivity contribution is 0.0690. The summed E-state index contributed by atoms with van der Waals surface area (Å²) in [6, 6.07) is 3.85. The zero-order chi connectivity index (χ0) is 13.0. The van der Waals surface area contributed by atoms with E-state index < -0.39 is 5.97 Å². The molecule has 2 rings (SSSR count). The van der Waals surface area contributed by atoms with Gasteiger partial charge in [0.15, 0.2) is 5.69 Å². The van der Waals surface area contributed by atoms with Crippen molar-refractivity contribution in [1.29, 1.82) is 0 Å². The number of carboxylic acids is 1. The van der Waals surface area contributed by atoms with Crippen LogP contribution in [-0.2, 0) is 6.42 Å². The molecule has 1 unspecified atom stereocenters. The summed E-state index contributed by atoms with van der Waals surface area (Å²) in [5.41, 5.74) is -0.0702. The molecule has 0 aliphatic rings. The molecule has 6 nitrogen and oxygen atoms in total. The second-order valence-corrected chi connectivity index (χ2v) is 3.92. The molecule has 2 aromatic heterocycles. The molecule has 0 aliphatic carbocycles. The number of hydrogen-bond acceptors (Lipinski definition) is 5. The van der Waals surface area contributed by atoms with Gasteiger partial charge in [0.05, 0.1) is 18.7 Å². The molecule has 0 aliphatic heterocycles. The van der Waals surface area contributed by atoms with Crippen molar-refractivity contribution in [3.63, 3.8) is 0 Å². The van der Waals surface area contributed by atoms with E-state index in [-0.39, 0.29) is 11.7 Å². The second kappa shape index (κ2) is 5.31. The number of nitrogens with one attached hydrogen (secondary N) is 1. The first-order chi connectivity index (χ1) is 8.65. The van der Waals surface area contributed by atoms with Gasteiger partial charge in [0, 0.05) is 12.5 Å². The van der Waals surface area contributed by atoms with E-state index in [0.29, 0.717) is 5.82 Å². The summed E-state index contributed by atoms with van der Waals surface area (Å²) in [5.74, 6) is 0.335. The first-order valence-electron chi connectivity index (χ1n) is 5.49. The van der Waals surface area contributed by atoms with Gasteiger partial charge in [-0.3, -0.25) is 0 Å². The van der Waals surface area contributed by atoms with Crippen molar-refractivity contribution in [3.8, 4) is 0 Å². The van der Waals surface area contributed by atoms with Gasteiger partial charge in [0.25, 0.3) is 0 Å². The number of hydrogen-bond donors (Lipinski definition) is 2. The van der Waals surface area contributed by atoms with E-state index in [9.17, 15) is 4.79 Å². The molecule has 0 aromatic carbocycles. The third-order valence-corrected chi connectivity index (χ3v) is 2.35. The highest BCUT2D eigenvalue weighted by atomic mass is 16.4. The number of anilines is 1. The molecule has 18 heavy (non-hydrogen) atoms. The van der Waals surface area contributed by atoms with E-state index in [1.54, 1.807) is 6.26 Å². The van der Waals surface area contributed by atoms with Crippen LogP contribution >= 0.6 is 0 Å². The van der Waals surface area contributed by atoms with Crippen LogP contribution in [0.5, 0.6) is 0 Å². The van der Waals surface area contributed by atoms with E-state index in [1.807, 2.05) is 19.1 Å². The van der Waals surface area contributed by atoms with Crippen molar-refractivity contribution >= 4 is 11.8 Å². The number of nitrogens with zero attached hydrogens (tertiary/aromatic N) is 2. The topological polar surface area (TPSA) is 88.2 Å². The molecule has 0 saturated carbocycles. The Morgan fingerprint density at radius 2 is 2.33 bits per heavy atom. The Kier molecular flexibility index (Phi) is 3.57. The quantitative estimate of drug-likeness (QED) is 0.837. The first-order valence-corrected chi connectivity index (χ1v) is 5.49. The van der Waals surface area contributed by atoms with Crippen LogP contribution in [0.3, 0.4) is 0 Å². The van der Waals surface area contributed by atoms with Crippen molar-refractivity contribution < 1.29 is 14.3 Å². The second-order valence-electron chi connectivity index (χ2n) is 3.92. The molecule has 0 radical (unpaired) electrons. The van der Waals surface area contributed by atoms with Gasteiger partial charge in [0.1, 0.15) is 11.6 Å². The lowest BCUT2D eigenvalue weighted by atomic mass is 10.2. The highest BCUT2D eigenvalue weighted by Crippen LogP contribution is 2.08. The summed E-state index contributed by atoms with van der Waals surface area (Å²) in [6.07, 6.45) is 4.98. The van der Waals surface area contributed by atoms with Crippen LogP contribution in [0, 0.1) is 0 Å². The normalized spacial score (nSPS) is 12.1. The largest absolute Gasteiger partial charge is 0.476 e. The van der Waals surface area contributed by atoms with Gasteiger partial charge in [-0.15, -0.1) is 0 Å². The minimum Gasteiger partial charge on any atom is -0.476 e. The SMILES string of the molecule is CC(Cc1ccco1)Nc1cnc(C(=O)O)cn1. The summed E-state index contributed by atoms with van der Waals surface area (Å²) in [7, 11) is 0. The molecule has 6 heteroatoms. The zero-order valence-electron chi connectivity index (χ0n) is 9.83. The molecular weight excluding hydrogens is 234 g/mol. The fraction of sp³-hybridized carbons (Fsp3) is 0.250. The van der Waals surface area contributed by atoms with Gasteiger partial charge in [-0.25, -0.2) is 14.8 Å². The van der Waals surface area contributed by atoms with Crippen LogP contribution in [0.25, 0.3) is 0 Å². The smallest absolute Gasteiger partial charge is 0.356 e. The molecule has 0 amide bonds. The average molecular weight is 247 g/mol. The third-order valence-electron chi connectivity index (χ3n) is 2.35. The maximum Gasteiger partial charge on any atom is 0.356 e. The number of furan rings is 1. The molecular formula is C12H13N3O3. The van der Waals surface area contributed by atoms with Gasteiger partial charge in [-0.1, -0.05) is 0 Å². The van der Waals surface area contributed by atoms with Crippen LogP contribution in [0.2, 0.25) is 0 Å². The Labute approximate surface area is 104 Å². The van der Waals surface area contributed by atoms with Crippen LogP contribution in [0.1, 0.15) is 23.2 Å². The standard InChI is InChI=1S/C12H13N3O3/c1-8(5-9-3-2-4-18-9)15-11-7-13-10(6-14-11)12(16)17/h2-4,6-8H,5H2,1H3,(H,14,15)(H,16,17). The summed E-state index contributed by atoms with van der Waals surface area (Å²) in [4.78, 5) is 18.4. The number of rotatable bonds is 5. The third kappa shape index (κ3) is 3.07. The molecule has 94 valence electrons. The molecule has 2 heterocycles. The van der Waals surface area contributed by atoms with Crippen LogP contribution in [0.4, 0.5) is 5.82 Å². The van der Waals surface area contributed by atoms with Gasteiger partial charge in [-0.05, 0) is 19.1 Å². The number of carboxylic acid groups (broad SMARTS) is 1. The predicted octanol–water partition coefficient (Wildman–Crippen LogP) is 1.81. The van der Waals surface area contributed by atoms with E-state index in [1.165, 1.54) is 12.4 Å². The summed E-state index contributed by atoms with van der Waals surface area (Å²) < 4.78 is 5.24. The van der Waals surface area contributed by atoms with E-state index in [0.717, 1.165) is 12.2 Å². The number of carbonyl (C=O) groups is 1. The molecule has 0 fully saturated rings. The first kappa shape index (κ1) is 12.1. The zero-order valence-corrected chi connectivity index (χ0v) is 9.83. The van der Waals surface area contributed by atoms with Gasteiger partial charge >= 0.3 is 5.97 Å². The lowest BCUT2D eigenvalue weighted by Crippen LogP contribution is -2.19. The van der Waals surface area contributed by atoms with Gasteiger partial charge < -0.3 is 14.8 Å². The summed E-state index contributed by atoms with van der Waals surface area (Å²) in [6.45, 7) is 1.98. The highest BCUT2D eigenvalue weighted by Gasteiger charge is 2.08. The maximum absolute atomic E-state index is 10.6. The highest BCUT2D eigenvalue weighted by molar-refractivity contribution is 5.84. The van der Waals surface area contributed by atoms with Crippen molar-refractivity contribution in [2.24, 2.45) is 0 Å². The molecule has 2 N–H and O–H groups in total. The Bertz CT molecular complexity index is 508. The van der Waals surface area contributed by atoms with E-state index in [2.05, 4.69) is 15.3 Å². The predicted molar refractivity (Wildman–Crippen MR) is 64.5 cm³/mol. The molecule has 2 aromatic rings. The van der Waals surface area contributed by atoms with Crippen molar-refractivity contribution in [3.05, 3.63) is 42.2 Å². The Balaban J connectivity index is 1.94. The van der Waals surface area contributed by atoms with Crippen molar-refractivity contribution in [2.75, 3.05) is 5.32 Å². The monoisotopic (exact) mass is 247 g/mol. The fourth-order valence-electron chi connectivity index (χ4n) is 1.55. The molecule has 0 saturated heterocycles. The maximum atomic E-state index is 10.6. The number of aromatic carboxylic acids is 1. The Morgan fingerprint density at radius 3 is 2.89 bits per heavy atom. The number of aromatic nitrogens is 2. The van der Waals surface area contributed by atoms with Crippen LogP contribution in [-0.4, -0.2) is 27.1 Å².